The fraction of sp³-hybridized carbons (Fsp3) is 0.294. The van der Waals surface area contributed by atoms with Crippen molar-refractivity contribution in [2.45, 2.75) is 33.1 Å². The van der Waals surface area contributed by atoms with Crippen molar-refractivity contribution in [2.75, 3.05) is 11.1 Å². The molecule has 0 aliphatic rings. The predicted octanol–water partition coefficient (Wildman–Crippen LogP) is 4.40. The molecule has 2 aromatic rings. The second-order valence-corrected chi connectivity index (χ2v) is 5.46. The van der Waals surface area contributed by atoms with Crippen LogP contribution in [0.2, 0.25) is 0 Å². The average Bonchev–Trinajstić information content (AvgIpc) is 2.52. The van der Waals surface area contributed by atoms with E-state index in [2.05, 4.69) is 15.0 Å². The molecule has 0 atom stereocenters. The van der Waals surface area contributed by atoms with Gasteiger partial charge in [0.05, 0.1) is 5.69 Å². The van der Waals surface area contributed by atoms with E-state index in [9.17, 15) is 18.0 Å². The van der Waals surface area contributed by atoms with E-state index in [1.165, 1.54) is 31.2 Å². The second-order valence-electron chi connectivity index (χ2n) is 5.46. The Morgan fingerprint density at radius 1 is 1.27 bits per heavy atom. The molecule has 140 valence electrons. The van der Waals surface area contributed by atoms with Crippen molar-refractivity contribution in [1.82, 2.24) is 4.98 Å². The minimum absolute atomic E-state index is 0.0332. The van der Waals surface area contributed by atoms with Crippen molar-refractivity contribution in [3.63, 3.8) is 0 Å². The number of halogens is 3. The van der Waals surface area contributed by atoms with Crippen molar-refractivity contribution in [3.05, 3.63) is 35.9 Å². The molecule has 3 N–H and O–H groups in total. The highest BCUT2D eigenvalue weighted by atomic mass is 19.4. The van der Waals surface area contributed by atoms with Gasteiger partial charge in [-0.1, -0.05) is 13.0 Å². The maximum atomic E-state index is 12.4. The van der Waals surface area contributed by atoms with Crippen LogP contribution >= 0.6 is 0 Å². The van der Waals surface area contributed by atoms with Gasteiger partial charge in [0.2, 0.25) is 11.8 Å². The molecular formula is C17H18F3N3O3. The van der Waals surface area contributed by atoms with Gasteiger partial charge in [-0.15, -0.1) is 13.2 Å². The van der Waals surface area contributed by atoms with E-state index < -0.39 is 6.36 Å². The molecule has 1 aromatic heterocycles. The lowest BCUT2D eigenvalue weighted by molar-refractivity contribution is -0.274. The van der Waals surface area contributed by atoms with Crippen LogP contribution in [0.5, 0.6) is 17.4 Å². The molecule has 9 heteroatoms. The molecule has 0 aliphatic heterocycles. The van der Waals surface area contributed by atoms with Gasteiger partial charge in [0.25, 0.3) is 0 Å². The molecule has 0 radical (unpaired) electrons. The third-order valence-corrected chi connectivity index (χ3v) is 3.26. The number of nitrogens with two attached hydrogens (primary N) is 1. The standard InChI is InChI=1S/C17H18F3N3O3/c1-3-4-14(24)22-12-7-8-15(23-16(12)21)25-11-6-5-10(2)13(9-11)26-17(18,19)20/h5-9H,3-4H2,1-2H3,(H2,21,23)(H,22,24). The first-order chi connectivity index (χ1) is 12.2. The number of hydrogen-bond donors (Lipinski definition) is 2. The topological polar surface area (TPSA) is 86.5 Å². The summed E-state index contributed by atoms with van der Waals surface area (Å²) in [5.41, 5.74) is 6.41. The highest BCUT2D eigenvalue weighted by Gasteiger charge is 2.31. The Labute approximate surface area is 148 Å². The lowest BCUT2D eigenvalue weighted by atomic mass is 10.2. The first-order valence-electron chi connectivity index (χ1n) is 7.78. The van der Waals surface area contributed by atoms with E-state index >= 15 is 0 Å². The van der Waals surface area contributed by atoms with Crippen molar-refractivity contribution in [1.29, 1.82) is 0 Å². The quantitative estimate of drug-likeness (QED) is 0.788. The van der Waals surface area contributed by atoms with E-state index in [4.69, 9.17) is 10.5 Å². The number of nitrogens with one attached hydrogen (secondary N) is 1. The van der Waals surface area contributed by atoms with Crippen molar-refractivity contribution >= 4 is 17.4 Å². The van der Waals surface area contributed by atoms with Crippen molar-refractivity contribution in [2.24, 2.45) is 0 Å². The number of carbonyl (C=O) groups is 1. The molecule has 2 rings (SSSR count). The van der Waals surface area contributed by atoms with Crippen LogP contribution in [0, 0.1) is 6.92 Å². The Morgan fingerprint density at radius 2 is 2.00 bits per heavy atom. The lowest BCUT2D eigenvalue weighted by Gasteiger charge is -2.13. The summed E-state index contributed by atoms with van der Waals surface area (Å²) in [6.07, 6.45) is -3.76. The Balaban J connectivity index is 2.15. The number of pyridine rings is 1. The number of carbonyl (C=O) groups excluding carboxylic acids is 1. The molecule has 0 fully saturated rings. The highest BCUT2D eigenvalue weighted by molar-refractivity contribution is 5.93. The number of aryl methyl sites for hydroxylation is 1. The first-order valence-corrected chi connectivity index (χ1v) is 7.78. The van der Waals surface area contributed by atoms with Gasteiger partial charge in [-0.05, 0) is 31.0 Å². The number of amides is 1. The van der Waals surface area contributed by atoms with Crippen LogP contribution in [-0.2, 0) is 4.79 Å². The average molecular weight is 369 g/mol. The fourth-order valence-corrected chi connectivity index (χ4v) is 2.06. The molecule has 0 spiro atoms. The van der Waals surface area contributed by atoms with Gasteiger partial charge in [-0.25, -0.2) is 0 Å². The summed E-state index contributed by atoms with van der Waals surface area (Å²) in [6.45, 7) is 3.35. The number of aromatic nitrogens is 1. The second kappa shape index (κ2) is 7.94. The highest BCUT2D eigenvalue weighted by Crippen LogP contribution is 2.32. The number of hydrogen-bond acceptors (Lipinski definition) is 5. The molecule has 0 bridgehead atoms. The Morgan fingerprint density at radius 3 is 2.62 bits per heavy atom. The predicted molar refractivity (Wildman–Crippen MR) is 90.1 cm³/mol. The van der Waals surface area contributed by atoms with E-state index in [1.54, 1.807) is 0 Å². The van der Waals surface area contributed by atoms with Crippen molar-refractivity contribution in [3.8, 4) is 17.4 Å². The number of nitrogen functional groups attached to an aromatic ring is 1. The molecule has 0 saturated carbocycles. The smallest absolute Gasteiger partial charge is 0.439 e. The number of rotatable bonds is 6. The number of anilines is 2. The van der Waals surface area contributed by atoms with Crippen LogP contribution in [-0.4, -0.2) is 17.3 Å². The summed E-state index contributed by atoms with van der Waals surface area (Å²) < 4.78 is 46.6. The summed E-state index contributed by atoms with van der Waals surface area (Å²) in [4.78, 5) is 15.6. The Hall–Kier alpha value is -2.97. The number of ether oxygens (including phenoxy) is 2. The summed E-state index contributed by atoms with van der Waals surface area (Å²) in [6, 6.07) is 6.97. The number of nitrogens with zero attached hydrogens (tertiary/aromatic N) is 1. The molecule has 1 aromatic carbocycles. The summed E-state index contributed by atoms with van der Waals surface area (Å²) in [7, 11) is 0. The van der Waals surface area contributed by atoms with Crippen LogP contribution in [0.1, 0.15) is 25.3 Å². The van der Waals surface area contributed by atoms with E-state index in [1.807, 2.05) is 6.92 Å². The molecule has 0 unspecified atom stereocenters. The Bertz CT molecular complexity index is 795. The van der Waals surface area contributed by atoms with Gasteiger partial charge >= 0.3 is 6.36 Å². The lowest BCUT2D eigenvalue weighted by Crippen LogP contribution is -2.17. The van der Waals surface area contributed by atoms with Crippen LogP contribution in [0.4, 0.5) is 24.7 Å². The zero-order valence-corrected chi connectivity index (χ0v) is 14.2. The van der Waals surface area contributed by atoms with Gasteiger partial charge in [0, 0.05) is 18.6 Å². The summed E-state index contributed by atoms with van der Waals surface area (Å²) in [5, 5.41) is 2.62. The molecule has 0 aliphatic carbocycles. The fourth-order valence-electron chi connectivity index (χ4n) is 2.06. The summed E-state index contributed by atoms with van der Waals surface area (Å²) in [5.74, 6) is -0.360. The van der Waals surface area contributed by atoms with Gasteiger partial charge in [0.15, 0.2) is 5.82 Å². The molecule has 6 nitrogen and oxygen atoms in total. The minimum Gasteiger partial charge on any atom is -0.439 e. The van der Waals surface area contributed by atoms with Crippen LogP contribution in [0.25, 0.3) is 0 Å². The summed E-state index contributed by atoms with van der Waals surface area (Å²) >= 11 is 0. The zero-order valence-electron chi connectivity index (χ0n) is 14.2. The maximum Gasteiger partial charge on any atom is 0.573 e. The number of benzene rings is 1. The first kappa shape index (κ1) is 19.4. The van der Waals surface area contributed by atoms with Crippen LogP contribution < -0.4 is 20.5 Å². The van der Waals surface area contributed by atoms with E-state index in [0.29, 0.717) is 24.1 Å². The largest absolute Gasteiger partial charge is 0.573 e. The third-order valence-electron chi connectivity index (χ3n) is 3.26. The Kier molecular flexibility index (Phi) is 5.91. The number of alkyl halides is 3. The molecule has 0 saturated heterocycles. The minimum atomic E-state index is -4.80. The van der Waals surface area contributed by atoms with E-state index in [-0.39, 0.29) is 29.1 Å². The van der Waals surface area contributed by atoms with Crippen molar-refractivity contribution < 1.29 is 27.4 Å². The zero-order chi connectivity index (χ0) is 19.3. The van der Waals surface area contributed by atoms with Crippen LogP contribution in [0.3, 0.4) is 0 Å². The van der Waals surface area contributed by atoms with Gasteiger partial charge < -0.3 is 20.5 Å². The van der Waals surface area contributed by atoms with E-state index in [0.717, 1.165) is 6.07 Å². The molecule has 26 heavy (non-hydrogen) atoms. The monoisotopic (exact) mass is 369 g/mol. The van der Waals surface area contributed by atoms with Gasteiger partial charge in [-0.2, -0.15) is 4.98 Å². The van der Waals surface area contributed by atoms with Crippen LogP contribution in [0.15, 0.2) is 30.3 Å². The molecule has 1 amide bonds. The van der Waals surface area contributed by atoms with Gasteiger partial charge in [-0.3, -0.25) is 4.79 Å². The maximum absolute atomic E-state index is 12.4. The molecule has 1 heterocycles. The van der Waals surface area contributed by atoms with Gasteiger partial charge in [0.1, 0.15) is 11.5 Å². The third kappa shape index (κ3) is 5.54. The normalized spacial score (nSPS) is 11.1. The molecular weight excluding hydrogens is 351 g/mol. The SMILES string of the molecule is CCCC(=O)Nc1ccc(Oc2ccc(C)c(OC(F)(F)F)c2)nc1N.